The maximum atomic E-state index is 11.6. The van der Waals surface area contributed by atoms with Crippen molar-refractivity contribution in [3.8, 4) is 6.07 Å². The van der Waals surface area contributed by atoms with Gasteiger partial charge in [-0.2, -0.15) is 5.26 Å². The molecule has 0 fully saturated rings. The van der Waals surface area contributed by atoms with Gasteiger partial charge in [-0.25, -0.2) is 9.59 Å². The number of anilines is 2. The molecule has 1 aliphatic heterocycles. The molecule has 0 radical (unpaired) electrons. The van der Waals surface area contributed by atoms with Gasteiger partial charge in [0, 0.05) is 15.8 Å². The summed E-state index contributed by atoms with van der Waals surface area (Å²) in [5.41, 5.74) is 2.78. The SMILES string of the molecule is C[C@H](Cc1ccc(C(=O)O)c(C(=O)O)c1)N1c2ccccc2Sc2ccc(C#N)cc21. The zero-order valence-corrected chi connectivity index (χ0v) is 17.4. The minimum atomic E-state index is -1.27. The molecule has 0 unspecified atom stereocenters. The summed E-state index contributed by atoms with van der Waals surface area (Å²) in [4.78, 5) is 27.2. The normalized spacial score (nSPS) is 13.0. The molecule has 3 aromatic carbocycles. The van der Waals surface area contributed by atoms with Gasteiger partial charge in [-0.05, 0) is 61.4 Å². The van der Waals surface area contributed by atoms with Crippen molar-refractivity contribution in [1.29, 1.82) is 5.26 Å². The van der Waals surface area contributed by atoms with Gasteiger partial charge in [0.05, 0.1) is 34.1 Å². The third kappa shape index (κ3) is 3.86. The number of hydrogen-bond donors (Lipinski definition) is 2. The molecule has 4 rings (SSSR count). The number of benzene rings is 3. The highest BCUT2D eigenvalue weighted by atomic mass is 32.2. The summed E-state index contributed by atoms with van der Waals surface area (Å²) in [5.74, 6) is -2.53. The maximum Gasteiger partial charge on any atom is 0.336 e. The largest absolute Gasteiger partial charge is 0.478 e. The Balaban J connectivity index is 1.75. The molecule has 7 heteroatoms. The van der Waals surface area contributed by atoms with Gasteiger partial charge in [0.15, 0.2) is 0 Å². The summed E-state index contributed by atoms with van der Waals surface area (Å²) in [6.07, 6.45) is 0.495. The number of carboxylic acids is 2. The molecule has 2 N–H and O–H groups in total. The van der Waals surface area contributed by atoms with Crippen molar-refractivity contribution in [2.24, 2.45) is 0 Å². The molecule has 0 amide bonds. The Hall–Kier alpha value is -3.76. The Morgan fingerprint density at radius 3 is 2.39 bits per heavy atom. The van der Waals surface area contributed by atoms with Crippen LogP contribution in [0.15, 0.2) is 70.5 Å². The molecule has 0 bridgehead atoms. The molecule has 3 aromatic rings. The van der Waals surface area contributed by atoms with Gasteiger partial charge in [0.1, 0.15) is 0 Å². The standard InChI is InChI=1S/C24H18N2O4S/c1-14(10-15-6-8-17(23(27)28)18(11-15)24(29)30)26-19-4-2-3-5-21(19)31-22-9-7-16(13-25)12-20(22)26/h2-9,11-12,14H,10H2,1H3,(H,27,28)(H,29,30)/t14-/m1/s1. The van der Waals surface area contributed by atoms with E-state index in [1.807, 2.05) is 43.3 Å². The van der Waals surface area contributed by atoms with Crippen molar-refractivity contribution in [2.75, 3.05) is 4.90 Å². The van der Waals surface area contributed by atoms with Gasteiger partial charge >= 0.3 is 11.9 Å². The lowest BCUT2D eigenvalue weighted by molar-refractivity contribution is 0.0651. The van der Waals surface area contributed by atoms with E-state index in [2.05, 4.69) is 11.0 Å². The van der Waals surface area contributed by atoms with Crippen LogP contribution in [-0.2, 0) is 6.42 Å². The van der Waals surface area contributed by atoms with Crippen LogP contribution in [0.25, 0.3) is 0 Å². The minimum Gasteiger partial charge on any atom is -0.478 e. The van der Waals surface area contributed by atoms with Crippen LogP contribution in [0.5, 0.6) is 0 Å². The van der Waals surface area contributed by atoms with Crippen LogP contribution in [0.2, 0.25) is 0 Å². The fourth-order valence-electron chi connectivity index (χ4n) is 3.84. The van der Waals surface area contributed by atoms with E-state index in [0.717, 1.165) is 26.7 Å². The van der Waals surface area contributed by atoms with Crippen LogP contribution in [0.4, 0.5) is 11.4 Å². The van der Waals surface area contributed by atoms with Gasteiger partial charge in [0.25, 0.3) is 0 Å². The molecule has 1 aliphatic rings. The zero-order chi connectivity index (χ0) is 22.1. The first-order valence-electron chi connectivity index (χ1n) is 9.59. The summed E-state index contributed by atoms with van der Waals surface area (Å²) in [7, 11) is 0. The second kappa shape index (κ2) is 8.17. The number of carbonyl (C=O) groups is 2. The van der Waals surface area contributed by atoms with Crippen molar-refractivity contribution in [1.82, 2.24) is 0 Å². The lowest BCUT2D eigenvalue weighted by atomic mass is 9.98. The highest BCUT2D eigenvalue weighted by molar-refractivity contribution is 7.99. The minimum absolute atomic E-state index is 0.0768. The van der Waals surface area contributed by atoms with E-state index >= 15 is 0 Å². The van der Waals surface area contributed by atoms with Crippen LogP contribution in [0.3, 0.4) is 0 Å². The lowest BCUT2D eigenvalue weighted by Gasteiger charge is -2.37. The zero-order valence-electron chi connectivity index (χ0n) is 16.6. The molecule has 154 valence electrons. The first-order chi connectivity index (χ1) is 14.9. The van der Waals surface area contributed by atoms with Crippen molar-refractivity contribution in [3.63, 3.8) is 0 Å². The van der Waals surface area contributed by atoms with Gasteiger partial charge in [0.2, 0.25) is 0 Å². The molecular formula is C24H18N2O4S. The maximum absolute atomic E-state index is 11.6. The van der Waals surface area contributed by atoms with Gasteiger partial charge in [-0.1, -0.05) is 30.0 Å². The first-order valence-corrected chi connectivity index (χ1v) is 10.4. The Labute approximate surface area is 183 Å². The number of aromatic carboxylic acids is 2. The third-order valence-electron chi connectivity index (χ3n) is 5.21. The Kier molecular flexibility index (Phi) is 5.40. The van der Waals surface area contributed by atoms with Crippen LogP contribution in [0, 0.1) is 11.3 Å². The molecule has 0 aromatic heterocycles. The van der Waals surface area contributed by atoms with Crippen molar-refractivity contribution in [3.05, 3.63) is 82.9 Å². The van der Waals surface area contributed by atoms with Crippen LogP contribution in [0.1, 0.15) is 38.8 Å². The molecule has 0 aliphatic carbocycles. The van der Waals surface area contributed by atoms with Gasteiger partial charge < -0.3 is 15.1 Å². The lowest BCUT2D eigenvalue weighted by Crippen LogP contribution is -2.32. The number of para-hydroxylation sites is 1. The van der Waals surface area contributed by atoms with Crippen LogP contribution < -0.4 is 4.90 Å². The molecule has 0 saturated carbocycles. The summed E-state index contributed by atoms with van der Waals surface area (Å²) in [5, 5.41) is 28.1. The van der Waals surface area contributed by atoms with Gasteiger partial charge in [-0.15, -0.1) is 0 Å². The number of hydrogen-bond acceptors (Lipinski definition) is 5. The molecular weight excluding hydrogens is 412 g/mol. The van der Waals surface area contributed by atoms with Crippen LogP contribution >= 0.6 is 11.8 Å². The van der Waals surface area contributed by atoms with E-state index < -0.39 is 11.9 Å². The third-order valence-corrected chi connectivity index (χ3v) is 6.34. The van der Waals surface area contributed by atoms with Crippen molar-refractivity contribution < 1.29 is 19.8 Å². The second-order valence-electron chi connectivity index (χ2n) is 7.28. The summed E-state index contributed by atoms with van der Waals surface area (Å²) in [6.45, 7) is 2.03. The van der Waals surface area contributed by atoms with Crippen molar-refractivity contribution >= 4 is 35.1 Å². The van der Waals surface area contributed by atoms with Crippen molar-refractivity contribution in [2.45, 2.75) is 29.2 Å². The highest BCUT2D eigenvalue weighted by Crippen LogP contribution is 2.49. The number of carboxylic acid groups (broad SMARTS) is 2. The van der Waals surface area contributed by atoms with E-state index in [-0.39, 0.29) is 17.2 Å². The van der Waals surface area contributed by atoms with E-state index in [9.17, 15) is 25.1 Å². The second-order valence-corrected chi connectivity index (χ2v) is 8.36. The number of fused-ring (bicyclic) bond motifs is 2. The Morgan fingerprint density at radius 1 is 0.968 bits per heavy atom. The molecule has 6 nitrogen and oxygen atoms in total. The van der Waals surface area contributed by atoms with E-state index in [1.165, 1.54) is 12.1 Å². The molecule has 1 atom stereocenters. The predicted octanol–water partition coefficient (Wildman–Crippen LogP) is 5.19. The van der Waals surface area contributed by atoms with E-state index in [0.29, 0.717) is 12.0 Å². The number of nitrogens with zero attached hydrogens (tertiary/aromatic N) is 2. The summed E-state index contributed by atoms with van der Waals surface area (Å²) >= 11 is 1.65. The fourth-order valence-corrected chi connectivity index (χ4v) is 4.89. The average Bonchev–Trinajstić information content (AvgIpc) is 2.76. The average molecular weight is 430 g/mol. The fraction of sp³-hybridized carbons (Fsp3) is 0.125. The quantitative estimate of drug-likeness (QED) is 0.574. The molecule has 0 spiro atoms. The predicted molar refractivity (Wildman–Crippen MR) is 117 cm³/mol. The summed E-state index contributed by atoms with van der Waals surface area (Å²) in [6, 6.07) is 20.2. The van der Waals surface area contributed by atoms with E-state index in [4.69, 9.17) is 0 Å². The van der Waals surface area contributed by atoms with Crippen LogP contribution in [-0.4, -0.2) is 28.2 Å². The molecule has 31 heavy (non-hydrogen) atoms. The molecule has 0 saturated heterocycles. The monoisotopic (exact) mass is 430 g/mol. The molecule has 1 heterocycles. The smallest absolute Gasteiger partial charge is 0.336 e. The number of nitriles is 1. The topological polar surface area (TPSA) is 102 Å². The first kappa shape index (κ1) is 20.5. The van der Waals surface area contributed by atoms with Gasteiger partial charge in [-0.3, -0.25) is 0 Å². The summed E-state index contributed by atoms with van der Waals surface area (Å²) < 4.78 is 0. The highest BCUT2D eigenvalue weighted by Gasteiger charge is 2.28. The number of rotatable bonds is 5. The Morgan fingerprint density at radius 2 is 1.68 bits per heavy atom. The van der Waals surface area contributed by atoms with E-state index in [1.54, 1.807) is 23.9 Å². The Bertz CT molecular complexity index is 1250.